The van der Waals surface area contributed by atoms with Gasteiger partial charge in [-0.25, -0.2) is 9.97 Å². The van der Waals surface area contributed by atoms with Crippen LogP contribution in [0.15, 0.2) is 60.9 Å². The van der Waals surface area contributed by atoms with Crippen molar-refractivity contribution in [2.75, 3.05) is 18.9 Å². The summed E-state index contributed by atoms with van der Waals surface area (Å²) in [7, 11) is 0. The fraction of sp³-hybridized carbons (Fsp3) is 0.370. The van der Waals surface area contributed by atoms with E-state index in [2.05, 4.69) is 67.1 Å². The van der Waals surface area contributed by atoms with Crippen molar-refractivity contribution in [3.05, 3.63) is 77.6 Å². The molecule has 1 aliphatic rings. The third-order valence-electron chi connectivity index (χ3n) is 6.51. The Morgan fingerprint density at radius 3 is 2.09 bits per heavy atom. The van der Waals surface area contributed by atoms with Gasteiger partial charge < -0.3 is 10.5 Å². The third-order valence-corrected chi connectivity index (χ3v) is 6.51. The number of aromatic nitrogens is 2. The number of hydrogen-bond acceptors (Lipinski definition) is 5. The first-order chi connectivity index (χ1) is 15.3. The van der Waals surface area contributed by atoms with Crippen molar-refractivity contribution in [3.8, 4) is 11.1 Å². The molecular formula is C27H31N3O2. The lowest BCUT2D eigenvalue weighted by Gasteiger charge is -2.36. The largest absolute Gasteiger partial charge is 0.381 e. The van der Waals surface area contributed by atoms with Crippen LogP contribution in [0.25, 0.3) is 11.1 Å². The molecule has 4 rings (SSSR count). The minimum Gasteiger partial charge on any atom is -0.381 e. The van der Waals surface area contributed by atoms with E-state index in [0.29, 0.717) is 32.5 Å². The predicted molar refractivity (Wildman–Crippen MR) is 127 cm³/mol. The summed E-state index contributed by atoms with van der Waals surface area (Å²) in [4.78, 5) is 21.8. The quantitative estimate of drug-likeness (QED) is 0.625. The van der Waals surface area contributed by atoms with Gasteiger partial charge in [0.25, 0.3) is 0 Å². The molecule has 0 spiro atoms. The molecule has 0 radical (unpaired) electrons. The van der Waals surface area contributed by atoms with Crippen LogP contribution in [0.2, 0.25) is 0 Å². The van der Waals surface area contributed by atoms with Gasteiger partial charge in [-0.3, -0.25) is 4.79 Å². The molecule has 1 aromatic heterocycles. The summed E-state index contributed by atoms with van der Waals surface area (Å²) in [5.41, 5.74) is 10.5. The molecule has 0 atom stereocenters. The van der Waals surface area contributed by atoms with Gasteiger partial charge in [-0.05, 0) is 40.5 Å². The van der Waals surface area contributed by atoms with E-state index in [-0.39, 0.29) is 17.1 Å². The average molecular weight is 430 g/mol. The van der Waals surface area contributed by atoms with E-state index in [4.69, 9.17) is 10.5 Å². The summed E-state index contributed by atoms with van der Waals surface area (Å²) < 4.78 is 5.62. The van der Waals surface area contributed by atoms with Crippen molar-refractivity contribution in [3.63, 3.8) is 0 Å². The van der Waals surface area contributed by atoms with Gasteiger partial charge in [-0.2, -0.15) is 0 Å². The predicted octanol–water partition coefficient (Wildman–Crippen LogP) is 4.88. The van der Waals surface area contributed by atoms with Crippen LogP contribution in [-0.4, -0.2) is 29.0 Å². The number of nitrogens with zero attached hydrogens (tertiary/aromatic N) is 2. The Bertz CT molecular complexity index is 1060. The van der Waals surface area contributed by atoms with E-state index in [1.165, 1.54) is 5.56 Å². The number of carbonyl (C=O) groups excluding carboxylic acids is 1. The molecular weight excluding hydrogens is 398 g/mol. The summed E-state index contributed by atoms with van der Waals surface area (Å²) in [6, 6.07) is 16.7. The minimum absolute atomic E-state index is 0.0989. The van der Waals surface area contributed by atoms with E-state index in [1.54, 1.807) is 12.4 Å². The zero-order chi connectivity index (χ0) is 22.8. The molecule has 32 heavy (non-hydrogen) atoms. The number of ketones is 1. The number of carbonyl (C=O) groups is 1. The molecule has 3 aromatic rings. The van der Waals surface area contributed by atoms with E-state index in [1.807, 2.05) is 12.1 Å². The first kappa shape index (κ1) is 22.2. The molecule has 1 fully saturated rings. The Hall–Kier alpha value is -3.05. The lowest BCUT2D eigenvalue weighted by Crippen LogP contribution is -2.42. The zero-order valence-electron chi connectivity index (χ0n) is 19.1. The number of rotatable bonds is 5. The fourth-order valence-electron chi connectivity index (χ4n) is 4.39. The smallest absolute Gasteiger partial charge is 0.219 e. The third kappa shape index (κ3) is 4.58. The molecule has 0 amide bonds. The van der Waals surface area contributed by atoms with Crippen molar-refractivity contribution in [1.29, 1.82) is 0 Å². The molecule has 5 nitrogen and oxygen atoms in total. The molecule has 0 saturated carbocycles. The summed E-state index contributed by atoms with van der Waals surface area (Å²) in [6.07, 6.45) is 5.27. The Balaban J connectivity index is 1.59. The van der Waals surface area contributed by atoms with Crippen LogP contribution >= 0.6 is 0 Å². The van der Waals surface area contributed by atoms with Crippen molar-refractivity contribution >= 4 is 11.7 Å². The molecule has 2 heterocycles. The minimum atomic E-state index is -0.517. The van der Waals surface area contributed by atoms with Gasteiger partial charge in [-0.15, -0.1) is 0 Å². The van der Waals surface area contributed by atoms with Crippen molar-refractivity contribution in [2.45, 2.75) is 50.9 Å². The van der Waals surface area contributed by atoms with E-state index in [0.717, 1.165) is 22.3 Å². The maximum atomic E-state index is 13.7. The molecule has 1 saturated heterocycles. The van der Waals surface area contributed by atoms with Gasteiger partial charge in [0.2, 0.25) is 5.95 Å². The van der Waals surface area contributed by atoms with Crippen molar-refractivity contribution in [2.24, 2.45) is 0 Å². The zero-order valence-corrected chi connectivity index (χ0v) is 19.1. The number of Topliss-reactive ketones (excluding diaryl/α,β-unsaturated/α-hetero) is 1. The first-order valence-corrected chi connectivity index (χ1v) is 11.2. The maximum absolute atomic E-state index is 13.7. The van der Waals surface area contributed by atoms with E-state index in [9.17, 15) is 4.79 Å². The van der Waals surface area contributed by atoms with Crippen molar-refractivity contribution < 1.29 is 9.53 Å². The highest BCUT2D eigenvalue weighted by Crippen LogP contribution is 2.38. The Kier molecular flexibility index (Phi) is 6.11. The lowest BCUT2D eigenvalue weighted by atomic mass is 9.69. The second-order valence-electron chi connectivity index (χ2n) is 9.65. The summed E-state index contributed by atoms with van der Waals surface area (Å²) in [5, 5.41) is 0. The number of hydrogen-bond donors (Lipinski definition) is 1. The molecule has 2 N–H and O–H groups in total. The summed E-state index contributed by atoms with van der Waals surface area (Å²) >= 11 is 0. The van der Waals surface area contributed by atoms with Crippen LogP contribution in [0.5, 0.6) is 0 Å². The van der Waals surface area contributed by atoms with E-state index < -0.39 is 5.41 Å². The Morgan fingerprint density at radius 1 is 0.938 bits per heavy atom. The van der Waals surface area contributed by atoms with Crippen LogP contribution in [0.1, 0.15) is 50.3 Å². The molecule has 2 aromatic carbocycles. The first-order valence-electron chi connectivity index (χ1n) is 11.2. The van der Waals surface area contributed by atoms with Gasteiger partial charge in [0.1, 0.15) is 5.78 Å². The van der Waals surface area contributed by atoms with Crippen molar-refractivity contribution in [1.82, 2.24) is 9.97 Å². The van der Waals surface area contributed by atoms with Gasteiger partial charge in [0, 0.05) is 37.6 Å². The van der Waals surface area contributed by atoms with Crippen LogP contribution in [0, 0.1) is 0 Å². The molecule has 0 bridgehead atoms. The van der Waals surface area contributed by atoms with Gasteiger partial charge in [-0.1, -0.05) is 69.3 Å². The number of benzene rings is 2. The number of ether oxygens (including phenoxy) is 1. The molecule has 1 aliphatic heterocycles. The van der Waals surface area contributed by atoms with Gasteiger partial charge in [0.05, 0.1) is 5.41 Å². The summed E-state index contributed by atoms with van der Waals surface area (Å²) in [5.74, 6) is 0.514. The highest BCUT2D eigenvalue weighted by atomic mass is 16.5. The maximum Gasteiger partial charge on any atom is 0.219 e. The second-order valence-corrected chi connectivity index (χ2v) is 9.65. The Labute approximate surface area is 190 Å². The van der Waals surface area contributed by atoms with Gasteiger partial charge >= 0.3 is 0 Å². The SMILES string of the molecule is CC(C)(C)c1ccc(CC(=O)C2(c3ccc(-c4cnc(N)nc4)cc3)CCOCC2)cc1. The lowest BCUT2D eigenvalue weighted by molar-refractivity contribution is -0.127. The highest BCUT2D eigenvalue weighted by molar-refractivity contribution is 5.92. The van der Waals surface area contributed by atoms with Crippen LogP contribution < -0.4 is 5.73 Å². The molecule has 5 heteroatoms. The average Bonchev–Trinajstić information content (AvgIpc) is 2.80. The fourth-order valence-corrected chi connectivity index (χ4v) is 4.39. The number of nitrogens with two attached hydrogens (primary N) is 1. The second kappa shape index (κ2) is 8.83. The van der Waals surface area contributed by atoms with E-state index >= 15 is 0 Å². The molecule has 166 valence electrons. The number of anilines is 1. The summed E-state index contributed by atoms with van der Waals surface area (Å²) in [6.45, 7) is 7.80. The van der Waals surface area contributed by atoms with Gasteiger partial charge in [0.15, 0.2) is 0 Å². The van der Waals surface area contributed by atoms with Crippen LogP contribution in [0.4, 0.5) is 5.95 Å². The standard InChI is InChI=1S/C27H31N3O2/c1-26(2,3)22-8-4-19(5-9-22)16-24(31)27(12-14-32-15-13-27)23-10-6-20(7-11-23)21-17-29-25(28)30-18-21/h4-11,17-18H,12-16H2,1-3H3,(H2,28,29,30). The normalized spacial score (nSPS) is 16.0. The van der Waals surface area contributed by atoms with Crippen LogP contribution in [-0.2, 0) is 26.8 Å². The molecule has 0 aliphatic carbocycles. The Morgan fingerprint density at radius 2 is 1.53 bits per heavy atom. The van der Waals surface area contributed by atoms with Crippen LogP contribution in [0.3, 0.4) is 0 Å². The monoisotopic (exact) mass is 429 g/mol. The number of nitrogen functional groups attached to an aromatic ring is 1. The topological polar surface area (TPSA) is 78.1 Å². The molecule has 0 unspecified atom stereocenters. The highest BCUT2D eigenvalue weighted by Gasteiger charge is 2.41.